The molecule has 2 atom stereocenters. The molecule has 0 radical (unpaired) electrons. The van der Waals surface area contributed by atoms with Crippen LogP contribution in [-0.4, -0.2) is 25.8 Å². The third-order valence-electron chi connectivity index (χ3n) is 4.83. The second-order valence-electron chi connectivity index (χ2n) is 6.45. The Hall–Kier alpha value is -0.860. The van der Waals surface area contributed by atoms with Gasteiger partial charge in [0, 0.05) is 13.2 Å². The summed E-state index contributed by atoms with van der Waals surface area (Å²) in [4.78, 5) is 0. The van der Waals surface area contributed by atoms with Crippen LogP contribution in [-0.2, 0) is 11.2 Å². The lowest BCUT2D eigenvalue weighted by Crippen LogP contribution is -2.46. The minimum Gasteiger partial charge on any atom is -0.380 e. The van der Waals surface area contributed by atoms with Crippen LogP contribution in [0.5, 0.6) is 0 Å². The molecule has 1 fully saturated rings. The van der Waals surface area contributed by atoms with Crippen molar-refractivity contribution >= 4 is 0 Å². The first-order valence-electron chi connectivity index (χ1n) is 8.56. The highest BCUT2D eigenvalue weighted by Gasteiger charge is 2.30. The number of ether oxygens (including phenoxy) is 1. The zero-order valence-corrected chi connectivity index (χ0v) is 13.9. The number of hydrogen-bond acceptors (Lipinski definition) is 2. The van der Waals surface area contributed by atoms with E-state index in [1.807, 2.05) is 7.11 Å². The zero-order chi connectivity index (χ0) is 15.1. The van der Waals surface area contributed by atoms with Gasteiger partial charge < -0.3 is 10.1 Å². The van der Waals surface area contributed by atoms with Crippen LogP contribution in [0.15, 0.2) is 24.3 Å². The van der Waals surface area contributed by atoms with E-state index >= 15 is 0 Å². The Morgan fingerprint density at radius 3 is 2.38 bits per heavy atom. The molecule has 0 aliphatic heterocycles. The number of benzene rings is 1. The molecule has 2 unspecified atom stereocenters. The molecular formula is C19H31NO. The van der Waals surface area contributed by atoms with E-state index in [4.69, 9.17) is 4.74 Å². The topological polar surface area (TPSA) is 21.3 Å². The van der Waals surface area contributed by atoms with Gasteiger partial charge in [0.2, 0.25) is 0 Å². The van der Waals surface area contributed by atoms with Gasteiger partial charge in [-0.1, -0.05) is 56.0 Å². The quantitative estimate of drug-likeness (QED) is 0.815. The van der Waals surface area contributed by atoms with Gasteiger partial charge in [0.15, 0.2) is 0 Å². The fourth-order valence-corrected chi connectivity index (χ4v) is 3.69. The van der Waals surface area contributed by atoms with E-state index in [0.29, 0.717) is 12.1 Å². The number of rotatable bonds is 7. The standard InChI is InChI=1S/C19H31NO/c1-4-20-18(14-16-12-10-15(2)11-13-16)19(21-3)17-8-6-5-7-9-17/h10-13,17-20H,4-9,14H2,1-3H3. The molecule has 1 saturated carbocycles. The van der Waals surface area contributed by atoms with E-state index in [1.54, 1.807) is 0 Å². The fraction of sp³-hybridized carbons (Fsp3) is 0.684. The molecule has 118 valence electrons. The largest absolute Gasteiger partial charge is 0.380 e. The molecule has 0 aromatic heterocycles. The van der Waals surface area contributed by atoms with Crippen LogP contribution >= 0.6 is 0 Å². The fourth-order valence-electron chi connectivity index (χ4n) is 3.69. The number of methoxy groups -OCH3 is 1. The van der Waals surface area contributed by atoms with E-state index < -0.39 is 0 Å². The van der Waals surface area contributed by atoms with Crippen LogP contribution in [0, 0.1) is 12.8 Å². The Balaban J connectivity index is 2.05. The molecular weight excluding hydrogens is 258 g/mol. The molecule has 1 N–H and O–H groups in total. The maximum atomic E-state index is 5.94. The summed E-state index contributed by atoms with van der Waals surface area (Å²) in [6.45, 7) is 5.34. The van der Waals surface area contributed by atoms with Crippen molar-refractivity contribution in [1.82, 2.24) is 5.32 Å². The molecule has 1 aliphatic carbocycles. The molecule has 0 heterocycles. The zero-order valence-electron chi connectivity index (χ0n) is 13.9. The van der Waals surface area contributed by atoms with Crippen molar-refractivity contribution < 1.29 is 4.74 Å². The van der Waals surface area contributed by atoms with Crippen molar-refractivity contribution in [3.05, 3.63) is 35.4 Å². The summed E-state index contributed by atoms with van der Waals surface area (Å²) < 4.78 is 5.94. The summed E-state index contributed by atoms with van der Waals surface area (Å²) >= 11 is 0. The molecule has 1 aromatic carbocycles. The minimum atomic E-state index is 0.339. The molecule has 1 aliphatic rings. The second-order valence-corrected chi connectivity index (χ2v) is 6.45. The number of nitrogens with one attached hydrogen (secondary N) is 1. The average Bonchev–Trinajstić information content (AvgIpc) is 2.51. The lowest BCUT2D eigenvalue weighted by atomic mass is 9.81. The monoisotopic (exact) mass is 289 g/mol. The highest BCUT2D eigenvalue weighted by Crippen LogP contribution is 2.30. The summed E-state index contributed by atoms with van der Waals surface area (Å²) in [7, 11) is 1.89. The van der Waals surface area contributed by atoms with Crippen molar-refractivity contribution in [2.45, 2.75) is 64.5 Å². The lowest BCUT2D eigenvalue weighted by Gasteiger charge is -2.35. The van der Waals surface area contributed by atoms with Gasteiger partial charge in [-0.05, 0) is 44.2 Å². The van der Waals surface area contributed by atoms with Crippen molar-refractivity contribution in [3.8, 4) is 0 Å². The number of hydrogen-bond donors (Lipinski definition) is 1. The van der Waals surface area contributed by atoms with E-state index in [2.05, 4.69) is 43.4 Å². The molecule has 2 nitrogen and oxygen atoms in total. The normalized spacial score (nSPS) is 19.4. The maximum Gasteiger partial charge on any atom is 0.0755 e. The van der Waals surface area contributed by atoms with Gasteiger partial charge in [-0.25, -0.2) is 0 Å². The summed E-state index contributed by atoms with van der Waals surface area (Å²) in [5.41, 5.74) is 2.73. The number of aryl methyl sites for hydroxylation is 1. The highest BCUT2D eigenvalue weighted by molar-refractivity contribution is 5.22. The smallest absolute Gasteiger partial charge is 0.0755 e. The Bertz CT molecular complexity index is 395. The van der Waals surface area contributed by atoms with Crippen molar-refractivity contribution in [2.75, 3.05) is 13.7 Å². The molecule has 2 heteroatoms. The molecule has 2 rings (SSSR count). The summed E-state index contributed by atoms with van der Waals surface area (Å²) in [6, 6.07) is 9.35. The number of likely N-dealkylation sites (N-methyl/N-ethyl adjacent to an activating group) is 1. The third-order valence-corrected chi connectivity index (χ3v) is 4.83. The van der Waals surface area contributed by atoms with Crippen LogP contribution in [0.2, 0.25) is 0 Å². The van der Waals surface area contributed by atoms with Gasteiger partial charge in [0.25, 0.3) is 0 Å². The third kappa shape index (κ3) is 4.82. The first kappa shape index (κ1) is 16.5. The van der Waals surface area contributed by atoms with Gasteiger partial charge in [0.05, 0.1) is 6.10 Å². The summed E-state index contributed by atoms with van der Waals surface area (Å²) in [5.74, 6) is 0.721. The lowest BCUT2D eigenvalue weighted by molar-refractivity contribution is 0.00869. The first-order chi connectivity index (χ1) is 10.2. The Morgan fingerprint density at radius 2 is 1.81 bits per heavy atom. The van der Waals surface area contributed by atoms with Crippen molar-refractivity contribution in [2.24, 2.45) is 5.92 Å². The van der Waals surface area contributed by atoms with Crippen LogP contribution in [0.25, 0.3) is 0 Å². The van der Waals surface area contributed by atoms with Crippen LogP contribution < -0.4 is 5.32 Å². The molecule has 0 spiro atoms. The van der Waals surface area contributed by atoms with Gasteiger partial charge in [-0.2, -0.15) is 0 Å². The van der Waals surface area contributed by atoms with Gasteiger partial charge in [-0.3, -0.25) is 0 Å². The van der Waals surface area contributed by atoms with E-state index in [-0.39, 0.29) is 0 Å². The van der Waals surface area contributed by atoms with E-state index in [9.17, 15) is 0 Å². The second kappa shape index (κ2) is 8.55. The highest BCUT2D eigenvalue weighted by atomic mass is 16.5. The van der Waals surface area contributed by atoms with Gasteiger partial charge in [0.1, 0.15) is 0 Å². The molecule has 0 amide bonds. The Kier molecular flexibility index (Phi) is 6.72. The SMILES string of the molecule is CCNC(Cc1ccc(C)cc1)C(OC)C1CCCCC1. The summed E-state index contributed by atoms with van der Waals surface area (Å²) in [6.07, 6.45) is 8.19. The van der Waals surface area contributed by atoms with Gasteiger partial charge >= 0.3 is 0 Å². The average molecular weight is 289 g/mol. The molecule has 0 saturated heterocycles. The van der Waals surface area contributed by atoms with Crippen molar-refractivity contribution in [1.29, 1.82) is 0 Å². The van der Waals surface area contributed by atoms with E-state index in [1.165, 1.54) is 43.2 Å². The van der Waals surface area contributed by atoms with Crippen molar-refractivity contribution in [3.63, 3.8) is 0 Å². The molecule has 21 heavy (non-hydrogen) atoms. The first-order valence-corrected chi connectivity index (χ1v) is 8.56. The minimum absolute atomic E-state index is 0.339. The van der Waals surface area contributed by atoms with Crippen LogP contribution in [0.3, 0.4) is 0 Å². The Morgan fingerprint density at radius 1 is 1.14 bits per heavy atom. The predicted molar refractivity (Wildman–Crippen MR) is 89.7 cm³/mol. The molecule has 0 bridgehead atoms. The summed E-state index contributed by atoms with van der Waals surface area (Å²) in [5, 5.41) is 3.67. The van der Waals surface area contributed by atoms with Gasteiger partial charge in [-0.15, -0.1) is 0 Å². The predicted octanol–water partition coefficient (Wildman–Crippen LogP) is 4.11. The maximum absolute atomic E-state index is 5.94. The van der Waals surface area contributed by atoms with Crippen LogP contribution in [0.4, 0.5) is 0 Å². The van der Waals surface area contributed by atoms with Crippen LogP contribution in [0.1, 0.15) is 50.2 Å². The molecule has 1 aromatic rings. The Labute approximate surface area is 130 Å². The van der Waals surface area contributed by atoms with E-state index in [0.717, 1.165) is 18.9 Å².